The molecular formula is C46H55N11O10. The first-order valence-electron chi connectivity index (χ1n) is 22.0. The number of nitrogens with zero attached hydrogens (tertiary/aromatic N) is 7. The highest BCUT2D eigenvalue weighted by atomic mass is 16.6. The van der Waals surface area contributed by atoms with Gasteiger partial charge in [-0.25, -0.2) is 24.7 Å². The summed E-state index contributed by atoms with van der Waals surface area (Å²) in [5.41, 5.74) is 12.4. The minimum Gasteiger partial charge on any atom is -0.490 e. The van der Waals surface area contributed by atoms with Crippen molar-refractivity contribution in [3.8, 4) is 11.5 Å². The van der Waals surface area contributed by atoms with E-state index in [1.54, 1.807) is 55.9 Å². The molecule has 0 atom stereocenters. The fourth-order valence-electron chi connectivity index (χ4n) is 7.87. The molecule has 21 heteroatoms. The van der Waals surface area contributed by atoms with Crippen LogP contribution in [0.2, 0.25) is 0 Å². The van der Waals surface area contributed by atoms with E-state index in [4.69, 9.17) is 44.5 Å². The number of benzene rings is 2. The van der Waals surface area contributed by atoms with Crippen LogP contribution in [0.15, 0.2) is 45.3 Å². The Labute approximate surface area is 385 Å². The number of ether oxygens (including phenoxy) is 3. The number of hydrogen-bond acceptors (Lipinski definition) is 14. The number of primary amides is 2. The SMILES string of the molecule is CC.CCc1nc(C)oc1C(=O)Nc1nc2cc(C(N)=O)cc3c2n1C/C=C/Cn1c(NC(=O)c2oc(C)nc2CC)nc2cc(C(N)=O)cc(c21)OCC1(CO3)CN(C(=O)OC(C)(C)C)C1. The molecule has 1 fully saturated rings. The molecule has 0 bridgehead atoms. The van der Waals surface area contributed by atoms with Crippen LogP contribution in [0.3, 0.4) is 0 Å². The number of amides is 5. The second-order valence-electron chi connectivity index (χ2n) is 17.0. The number of likely N-dealkylation sites (tertiary alicyclic amines) is 1. The third-order valence-corrected chi connectivity index (χ3v) is 10.8. The summed E-state index contributed by atoms with van der Waals surface area (Å²) in [5.74, 6) is -1.39. The van der Waals surface area contributed by atoms with E-state index >= 15 is 0 Å². The first-order valence-corrected chi connectivity index (χ1v) is 22.0. The molecule has 1 saturated heterocycles. The van der Waals surface area contributed by atoms with E-state index in [0.717, 1.165) is 0 Å². The van der Waals surface area contributed by atoms with Crippen LogP contribution in [-0.4, -0.2) is 95.6 Å². The Morgan fingerprint density at radius 3 is 1.49 bits per heavy atom. The van der Waals surface area contributed by atoms with E-state index in [1.165, 1.54) is 29.2 Å². The van der Waals surface area contributed by atoms with Crippen LogP contribution >= 0.6 is 0 Å². The molecule has 0 aliphatic carbocycles. The molecule has 2 aromatic carbocycles. The summed E-state index contributed by atoms with van der Waals surface area (Å²) in [4.78, 5) is 86.0. The van der Waals surface area contributed by atoms with Crippen molar-refractivity contribution in [3.05, 3.63) is 82.2 Å². The Balaban J connectivity index is 0.00000329. The lowest BCUT2D eigenvalue weighted by molar-refractivity contribution is -0.0692. The van der Waals surface area contributed by atoms with Crippen LogP contribution in [0.25, 0.3) is 22.1 Å². The molecule has 8 rings (SSSR count). The predicted octanol–water partition coefficient (Wildman–Crippen LogP) is 6.10. The number of carbonyl (C=O) groups excluding carboxylic acids is 5. The molecule has 0 unspecified atom stereocenters. The second-order valence-corrected chi connectivity index (χ2v) is 17.0. The van der Waals surface area contributed by atoms with Crippen molar-refractivity contribution in [2.45, 2.75) is 93.8 Å². The monoisotopic (exact) mass is 921 g/mol. The lowest BCUT2D eigenvalue weighted by Gasteiger charge is -2.49. The van der Waals surface area contributed by atoms with Crippen molar-refractivity contribution in [2.24, 2.45) is 16.9 Å². The first-order chi connectivity index (χ1) is 31.9. The molecule has 4 aromatic heterocycles. The van der Waals surface area contributed by atoms with E-state index in [-0.39, 0.29) is 96.5 Å². The number of aryl methyl sites for hydroxylation is 4. The zero-order valence-corrected chi connectivity index (χ0v) is 39.0. The van der Waals surface area contributed by atoms with Gasteiger partial charge in [0.25, 0.3) is 11.8 Å². The predicted molar refractivity (Wildman–Crippen MR) is 245 cm³/mol. The zero-order valence-electron chi connectivity index (χ0n) is 39.0. The highest BCUT2D eigenvalue weighted by Crippen LogP contribution is 2.39. The maximum absolute atomic E-state index is 13.8. The number of rotatable bonds is 8. The minimum atomic E-state index is -0.912. The number of aromatic nitrogens is 6. The molecule has 354 valence electrons. The lowest BCUT2D eigenvalue weighted by atomic mass is 9.81. The highest BCUT2D eigenvalue weighted by Gasteiger charge is 2.49. The summed E-state index contributed by atoms with van der Waals surface area (Å²) in [6.45, 7) is 16.6. The maximum Gasteiger partial charge on any atom is 0.410 e. The summed E-state index contributed by atoms with van der Waals surface area (Å²) < 4.78 is 33.7. The summed E-state index contributed by atoms with van der Waals surface area (Å²) in [5, 5.41) is 5.73. The van der Waals surface area contributed by atoms with Gasteiger partial charge in [-0.2, -0.15) is 0 Å². The third kappa shape index (κ3) is 9.66. The number of hydrogen-bond donors (Lipinski definition) is 4. The molecule has 6 heterocycles. The number of oxazole rings is 2. The van der Waals surface area contributed by atoms with E-state index < -0.39 is 40.7 Å². The molecule has 67 heavy (non-hydrogen) atoms. The molecule has 1 spiro atoms. The van der Waals surface area contributed by atoms with Crippen LogP contribution < -0.4 is 31.6 Å². The molecule has 0 radical (unpaired) electrons. The first kappa shape index (κ1) is 47.3. The van der Waals surface area contributed by atoms with Crippen molar-refractivity contribution in [3.63, 3.8) is 0 Å². The molecule has 21 nitrogen and oxygen atoms in total. The molecule has 5 amide bonds. The van der Waals surface area contributed by atoms with Crippen molar-refractivity contribution >= 4 is 63.7 Å². The highest BCUT2D eigenvalue weighted by molar-refractivity contribution is 6.05. The zero-order chi connectivity index (χ0) is 48.5. The Kier molecular flexibility index (Phi) is 13.2. The summed E-state index contributed by atoms with van der Waals surface area (Å²) in [6.07, 6.45) is 3.93. The van der Waals surface area contributed by atoms with Gasteiger partial charge in [0.05, 0.1) is 27.8 Å². The van der Waals surface area contributed by atoms with Crippen molar-refractivity contribution in [1.82, 2.24) is 34.0 Å². The van der Waals surface area contributed by atoms with Crippen molar-refractivity contribution < 1.29 is 47.0 Å². The van der Waals surface area contributed by atoms with E-state index in [0.29, 0.717) is 47.0 Å². The molecule has 2 aliphatic rings. The number of anilines is 2. The van der Waals surface area contributed by atoms with E-state index in [9.17, 15) is 24.0 Å². The molecule has 6 aromatic rings. The number of nitrogens with two attached hydrogens (primary N) is 2. The molecule has 2 aliphatic heterocycles. The minimum absolute atomic E-state index is 0.0247. The second kappa shape index (κ2) is 18.6. The van der Waals surface area contributed by atoms with Gasteiger partial charge in [0.2, 0.25) is 35.2 Å². The van der Waals surface area contributed by atoms with E-state index in [2.05, 4.69) is 20.6 Å². The smallest absolute Gasteiger partial charge is 0.410 e. The summed E-state index contributed by atoms with van der Waals surface area (Å²) >= 11 is 0. The van der Waals surface area contributed by atoms with Crippen LogP contribution in [0.5, 0.6) is 11.5 Å². The van der Waals surface area contributed by atoms with Gasteiger partial charge in [-0.05, 0) is 57.9 Å². The molecule has 0 saturated carbocycles. The number of nitrogens with one attached hydrogen (secondary N) is 2. The van der Waals surface area contributed by atoms with Gasteiger partial charge in [0.15, 0.2) is 11.8 Å². The van der Waals surface area contributed by atoms with Gasteiger partial charge < -0.3 is 48.5 Å². The average Bonchev–Trinajstić information content (AvgIpc) is 4.03. The lowest BCUT2D eigenvalue weighted by Crippen LogP contribution is -2.64. The molecule has 6 N–H and O–H groups in total. The summed E-state index contributed by atoms with van der Waals surface area (Å²) in [6, 6.07) is 6.00. The van der Waals surface area contributed by atoms with Crippen LogP contribution in [0.4, 0.5) is 16.7 Å². The maximum atomic E-state index is 13.8. The Bertz CT molecular complexity index is 2770. The van der Waals surface area contributed by atoms with Crippen LogP contribution in [0.1, 0.15) is 113 Å². The van der Waals surface area contributed by atoms with Gasteiger partial charge >= 0.3 is 6.09 Å². The quantitative estimate of drug-likeness (QED) is 0.126. The Morgan fingerprint density at radius 1 is 0.701 bits per heavy atom. The van der Waals surface area contributed by atoms with E-state index in [1.807, 2.05) is 27.7 Å². The van der Waals surface area contributed by atoms with Gasteiger partial charge in [-0.1, -0.05) is 39.8 Å². The summed E-state index contributed by atoms with van der Waals surface area (Å²) in [7, 11) is 0. The Morgan fingerprint density at radius 2 is 1.12 bits per heavy atom. The standard InChI is InChI=1S/C44H49N11O10.C2H6/c1-8-26-34(63-22(3)47-26)38(58)51-40-49-28-14-24(36(45)56)16-30-32(28)54(40)12-10-11-13-55-33-29(50-41(55)52-39(59)35-27(9-2)48-23(4)64-35)15-25(37(46)57)17-31(33)62-21-44(20-61-30)18-53(19-44)42(60)65-43(5,6)7;1-2/h10-11,14-17H,8-9,12-13,18-21H2,1-7H3,(H2,45,56)(H2,46,57)(H,49,51,58)(H,50,52,59);1-2H3/b11-10+;. The fraction of sp³-hybridized carbons (Fsp3) is 0.413. The van der Waals surface area contributed by atoms with Gasteiger partial charge in [-0.15, -0.1) is 0 Å². The van der Waals surface area contributed by atoms with Crippen LogP contribution in [-0.2, 0) is 30.7 Å². The number of carbonyl (C=O) groups is 5. The normalized spacial score (nSPS) is 15.0. The van der Waals surface area contributed by atoms with Gasteiger partial charge in [0.1, 0.15) is 41.3 Å². The van der Waals surface area contributed by atoms with Gasteiger partial charge in [-0.3, -0.25) is 29.8 Å². The van der Waals surface area contributed by atoms with Crippen molar-refractivity contribution in [2.75, 3.05) is 36.9 Å². The average molecular weight is 922 g/mol. The number of allylic oxidation sites excluding steroid dienone is 2. The van der Waals surface area contributed by atoms with Gasteiger partial charge in [0, 0.05) is 51.2 Å². The van der Waals surface area contributed by atoms with Crippen molar-refractivity contribution in [1.29, 1.82) is 0 Å². The largest absolute Gasteiger partial charge is 0.490 e. The Hall–Kier alpha value is -7.71. The fourth-order valence-corrected chi connectivity index (χ4v) is 7.87. The third-order valence-electron chi connectivity index (χ3n) is 10.8. The topological polar surface area (TPSA) is 280 Å². The van der Waals surface area contributed by atoms with Crippen LogP contribution in [0, 0.1) is 19.3 Å². The number of imidazole rings is 2. The molecular weight excluding hydrogens is 867 g/mol.